The standard InChI is InChI=1S/C21H26O2/c1-13-6-7-17-15(5-4-9-20(17,2)3)19-16(13)12-21(23)10-8-14(22)11-18(19)21/h8,10-11,13,23H,4-7,9,12H2,1-3H3/t13-,21+/m0/s1. The van der Waals surface area contributed by atoms with Crippen LogP contribution in [0.2, 0.25) is 0 Å². The topological polar surface area (TPSA) is 37.3 Å². The Morgan fingerprint density at radius 3 is 2.83 bits per heavy atom. The fourth-order valence-electron chi connectivity index (χ4n) is 5.11. The van der Waals surface area contributed by atoms with Gasteiger partial charge >= 0.3 is 0 Å². The highest BCUT2D eigenvalue weighted by Gasteiger charge is 2.46. The molecular weight excluding hydrogens is 284 g/mol. The number of carbonyl (C=O) groups excluding carboxylic acids is 1. The molecule has 0 aliphatic heterocycles. The third kappa shape index (κ3) is 2.15. The third-order valence-electron chi connectivity index (χ3n) is 6.46. The lowest BCUT2D eigenvalue weighted by Gasteiger charge is -2.37. The van der Waals surface area contributed by atoms with E-state index >= 15 is 0 Å². The monoisotopic (exact) mass is 310 g/mol. The number of fused-ring (bicyclic) bond motifs is 3. The minimum Gasteiger partial charge on any atom is -0.381 e. The second-order valence-corrected chi connectivity index (χ2v) is 8.43. The van der Waals surface area contributed by atoms with Gasteiger partial charge in [-0.25, -0.2) is 0 Å². The maximum Gasteiger partial charge on any atom is 0.178 e. The number of hydrogen-bond donors (Lipinski definition) is 1. The number of allylic oxidation sites excluding steroid dienone is 4. The maximum atomic E-state index is 12.0. The molecule has 0 bridgehead atoms. The van der Waals surface area contributed by atoms with Crippen molar-refractivity contribution in [3.63, 3.8) is 0 Å². The van der Waals surface area contributed by atoms with Gasteiger partial charge in [0.15, 0.2) is 5.78 Å². The summed E-state index contributed by atoms with van der Waals surface area (Å²) in [6, 6.07) is 0. The Balaban J connectivity index is 1.94. The Bertz CT molecular complexity index is 714. The summed E-state index contributed by atoms with van der Waals surface area (Å²) in [6.07, 6.45) is 11.4. The first kappa shape index (κ1) is 15.1. The van der Waals surface area contributed by atoms with Crippen LogP contribution < -0.4 is 0 Å². The van der Waals surface area contributed by atoms with Crippen LogP contribution in [0.3, 0.4) is 0 Å². The summed E-state index contributed by atoms with van der Waals surface area (Å²) in [5.74, 6) is 0.484. The first-order valence-corrected chi connectivity index (χ1v) is 8.96. The fraction of sp³-hybridized carbons (Fsp3) is 0.571. The van der Waals surface area contributed by atoms with Gasteiger partial charge in [0, 0.05) is 6.42 Å². The van der Waals surface area contributed by atoms with Gasteiger partial charge < -0.3 is 5.11 Å². The van der Waals surface area contributed by atoms with Crippen LogP contribution in [0.4, 0.5) is 0 Å². The van der Waals surface area contributed by atoms with Gasteiger partial charge in [-0.1, -0.05) is 31.9 Å². The number of aliphatic hydroxyl groups is 1. The normalized spacial score (nSPS) is 35.6. The number of carbonyl (C=O) groups is 1. The van der Waals surface area contributed by atoms with Gasteiger partial charge in [0.05, 0.1) is 0 Å². The lowest BCUT2D eigenvalue weighted by atomic mass is 9.69. The molecule has 0 heterocycles. The zero-order chi connectivity index (χ0) is 16.4. The molecule has 23 heavy (non-hydrogen) atoms. The minimum atomic E-state index is -0.954. The van der Waals surface area contributed by atoms with Gasteiger partial charge in [0.1, 0.15) is 5.60 Å². The van der Waals surface area contributed by atoms with Gasteiger partial charge in [0.2, 0.25) is 0 Å². The SMILES string of the molecule is C[C@H]1CCC2=C(CCCC2(C)C)C2=C1C[C@]1(O)C=CC(=O)C=C21. The summed E-state index contributed by atoms with van der Waals surface area (Å²) in [7, 11) is 0. The second-order valence-electron chi connectivity index (χ2n) is 8.43. The van der Waals surface area contributed by atoms with E-state index in [2.05, 4.69) is 20.8 Å². The molecule has 122 valence electrons. The Hall–Kier alpha value is -1.41. The van der Waals surface area contributed by atoms with Gasteiger partial charge in [-0.3, -0.25) is 4.79 Å². The van der Waals surface area contributed by atoms with E-state index in [1.54, 1.807) is 17.7 Å². The molecule has 1 N–H and O–H groups in total. The van der Waals surface area contributed by atoms with Crippen LogP contribution in [0.15, 0.2) is 46.1 Å². The maximum absolute atomic E-state index is 12.0. The van der Waals surface area contributed by atoms with Crippen molar-refractivity contribution >= 4 is 5.78 Å². The average Bonchev–Trinajstić information content (AvgIpc) is 2.70. The van der Waals surface area contributed by atoms with E-state index in [1.165, 1.54) is 35.6 Å². The van der Waals surface area contributed by atoms with Gasteiger partial charge in [-0.2, -0.15) is 0 Å². The highest BCUT2D eigenvalue weighted by atomic mass is 16.3. The zero-order valence-corrected chi connectivity index (χ0v) is 14.4. The van der Waals surface area contributed by atoms with Gasteiger partial charge in [-0.15, -0.1) is 0 Å². The highest BCUT2D eigenvalue weighted by molar-refractivity contribution is 6.02. The molecule has 0 amide bonds. The molecule has 2 atom stereocenters. The van der Waals surface area contributed by atoms with Crippen LogP contribution in [-0.2, 0) is 4.79 Å². The van der Waals surface area contributed by atoms with Crippen molar-refractivity contribution in [2.45, 2.75) is 64.9 Å². The first-order chi connectivity index (χ1) is 10.8. The largest absolute Gasteiger partial charge is 0.381 e. The smallest absolute Gasteiger partial charge is 0.178 e. The quantitative estimate of drug-likeness (QED) is 0.719. The predicted octanol–water partition coefficient (Wildman–Crippen LogP) is 4.42. The molecule has 0 fully saturated rings. The molecule has 4 aliphatic rings. The van der Waals surface area contributed by atoms with Crippen molar-refractivity contribution in [3.8, 4) is 0 Å². The minimum absolute atomic E-state index is 0.00699. The van der Waals surface area contributed by atoms with Crippen molar-refractivity contribution < 1.29 is 9.90 Å². The molecule has 0 unspecified atom stereocenters. The second kappa shape index (κ2) is 4.80. The van der Waals surface area contributed by atoms with Crippen LogP contribution in [0, 0.1) is 11.3 Å². The molecule has 0 aromatic rings. The molecule has 0 saturated heterocycles. The van der Waals surface area contributed by atoms with Crippen molar-refractivity contribution in [1.82, 2.24) is 0 Å². The summed E-state index contributed by atoms with van der Waals surface area (Å²) in [5.41, 5.74) is 5.81. The summed E-state index contributed by atoms with van der Waals surface area (Å²) >= 11 is 0. The molecule has 0 aromatic heterocycles. The van der Waals surface area contributed by atoms with Gasteiger partial charge in [0.25, 0.3) is 0 Å². The summed E-state index contributed by atoms with van der Waals surface area (Å²) in [5, 5.41) is 11.1. The fourth-order valence-corrected chi connectivity index (χ4v) is 5.11. The van der Waals surface area contributed by atoms with E-state index in [9.17, 15) is 9.90 Å². The molecule has 0 radical (unpaired) electrons. The Labute approximate surface area is 138 Å². The lowest BCUT2D eigenvalue weighted by Crippen LogP contribution is -2.30. The van der Waals surface area contributed by atoms with E-state index < -0.39 is 5.60 Å². The highest BCUT2D eigenvalue weighted by Crippen LogP contribution is 2.56. The number of hydrogen-bond acceptors (Lipinski definition) is 2. The Kier molecular flexibility index (Phi) is 3.16. The van der Waals surface area contributed by atoms with E-state index in [4.69, 9.17) is 0 Å². The molecule has 0 spiro atoms. The van der Waals surface area contributed by atoms with E-state index in [0.717, 1.165) is 24.8 Å². The van der Waals surface area contributed by atoms with Crippen LogP contribution in [0.1, 0.15) is 59.3 Å². The predicted molar refractivity (Wildman–Crippen MR) is 91.9 cm³/mol. The third-order valence-corrected chi connectivity index (χ3v) is 6.46. The molecule has 2 nitrogen and oxygen atoms in total. The van der Waals surface area contributed by atoms with Crippen LogP contribution in [-0.4, -0.2) is 16.5 Å². The molecule has 0 aromatic carbocycles. The molecule has 4 rings (SSSR count). The van der Waals surface area contributed by atoms with Crippen LogP contribution in [0.5, 0.6) is 0 Å². The molecule has 0 saturated carbocycles. The van der Waals surface area contributed by atoms with Crippen molar-refractivity contribution in [2.24, 2.45) is 11.3 Å². The van der Waals surface area contributed by atoms with Crippen LogP contribution >= 0.6 is 0 Å². The zero-order valence-electron chi connectivity index (χ0n) is 14.4. The summed E-state index contributed by atoms with van der Waals surface area (Å²) in [4.78, 5) is 12.0. The lowest BCUT2D eigenvalue weighted by molar-refractivity contribution is -0.110. The van der Waals surface area contributed by atoms with E-state index in [0.29, 0.717) is 12.3 Å². The summed E-state index contributed by atoms with van der Waals surface area (Å²) < 4.78 is 0. The number of ketones is 1. The van der Waals surface area contributed by atoms with Crippen molar-refractivity contribution in [2.75, 3.05) is 0 Å². The van der Waals surface area contributed by atoms with Crippen LogP contribution in [0.25, 0.3) is 0 Å². The first-order valence-electron chi connectivity index (χ1n) is 8.96. The average molecular weight is 310 g/mol. The van der Waals surface area contributed by atoms with Gasteiger partial charge in [-0.05, 0) is 78.4 Å². The number of rotatable bonds is 0. The Morgan fingerprint density at radius 1 is 1.26 bits per heavy atom. The summed E-state index contributed by atoms with van der Waals surface area (Å²) in [6.45, 7) is 7.01. The molecule has 4 aliphatic carbocycles. The van der Waals surface area contributed by atoms with E-state index in [-0.39, 0.29) is 11.2 Å². The van der Waals surface area contributed by atoms with Crippen molar-refractivity contribution in [3.05, 3.63) is 46.1 Å². The molecule has 2 heteroatoms. The van der Waals surface area contributed by atoms with Crippen molar-refractivity contribution in [1.29, 1.82) is 0 Å². The Morgan fingerprint density at radius 2 is 2.04 bits per heavy atom. The van der Waals surface area contributed by atoms with E-state index in [1.807, 2.05) is 0 Å². The molecular formula is C21H26O2.